The zero-order valence-electron chi connectivity index (χ0n) is 16.5. The van der Waals surface area contributed by atoms with Crippen molar-refractivity contribution in [1.82, 2.24) is 24.9 Å². The van der Waals surface area contributed by atoms with Crippen molar-refractivity contribution in [2.24, 2.45) is 0 Å². The molecule has 3 aromatic heterocycles. The number of imidazole rings is 1. The Morgan fingerprint density at radius 3 is 2.52 bits per heavy atom. The zero-order valence-corrected chi connectivity index (χ0v) is 16.5. The van der Waals surface area contributed by atoms with Crippen LogP contribution in [0.4, 0.5) is 29.0 Å². The molecule has 152 valence electrons. The third kappa shape index (κ3) is 3.84. The second-order valence-corrected chi connectivity index (χ2v) is 6.89. The molecule has 0 atom stereocenters. The maximum absolute atomic E-state index is 11.2. The lowest BCUT2D eigenvalue weighted by Gasteiger charge is -2.11. The van der Waals surface area contributed by atoms with E-state index in [0.29, 0.717) is 28.7 Å². The molecule has 0 aliphatic rings. The Morgan fingerprint density at radius 2 is 1.68 bits per heavy atom. The number of carbonyl (C=O) groups excluding carboxylic acids is 1. The Balaban J connectivity index is 1.48. The smallest absolute Gasteiger partial charge is 0.232 e. The molecule has 2 aromatic carbocycles. The van der Waals surface area contributed by atoms with E-state index in [1.165, 1.54) is 6.92 Å². The Hall–Kier alpha value is -4.53. The van der Waals surface area contributed by atoms with Gasteiger partial charge in [0, 0.05) is 29.9 Å². The summed E-state index contributed by atoms with van der Waals surface area (Å²) in [5.41, 5.74) is 2.73. The summed E-state index contributed by atoms with van der Waals surface area (Å²) < 4.78 is 0. The van der Waals surface area contributed by atoms with E-state index in [9.17, 15) is 4.79 Å². The molecule has 5 aromatic rings. The molecule has 1 amide bonds. The van der Waals surface area contributed by atoms with Crippen molar-refractivity contribution < 1.29 is 4.79 Å². The summed E-state index contributed by atoms with van der Waals surface area (Å²) in [4.78, 5) is 32.1. The number of H-pyrrole nitrogens is 1. The van der Waals surface area contributed by atoms with Crippen LogP contribution in [0.15, 0.2) is 67.1 Å². The molecule has 0 radical (unpaired) electrons. The molecular formula is C22H18N8O. The van der Waals surface area contributed by atoms with E-state index in [1.807, 2.05) is 54.6 Å². The number of hydrogen-bond acceptors (Lipinski definition) is 7. The summed E-state index contributed by atoms with van der Waals surface area (Å²) in [6.45, 7) is 1.47. The molecule has 0 aliphatic carbocycles. The number of rotatable bonds is 5. The summed E-state index contributed by atoms with van der Waals surface area (Å²) in [5.74, 6) is 1.49. The SMILES string of the molecule is CC(=O)Nc1ccc(Nc2nc(Nc3nccc4ccccc34)nc3nc[nH]c23)cc1. The van der Waals surface area contributed by atoms with E-state index in [4.69, 9.17) is 0 Å². The Labute approximate surface area is 177 Å². The predicted octanol–water partition coefficient (Wildman–Crippen LogP) is 4.35. The van der Waals surface area contributed by atoms with Gasteiger partial charge in [-0.15, -0.1) is 0 Å². The van der Waals surface area contributed by atoms with Crippen LogP contribution < -0.4 is 16.0 Å². The van der Waals surface area contributed by atoms with Crippen LogP contribution in [0.3, 0.4) is 0 Å². The summed E-state index contributed by atoms with van der Waals surface area (Å²) in [6.07, 6.45) is 3.32. The monoisotopic (exact) mass is 410 g/mol. The maximum atomic E-state index is 11.2. The normalized spacial score (nSPS) is 10.9. The molecule has 0 saturated carbocycles. The fourth-order valence-electron chi connectivity index (χ4n) is 3.28. The third-order valence-electron chi connectivity index (χ3n) is 4.66. The molecular weight excluding hydrogens is 392 g/mol. The highest BCUT2D eigenvalue weighted by Crippen LogP contribution is 2.27. The highest BCUT2D eigenvalue weighted by molar-refractivity contribution is 5.93. The number of nitrogens with zero attached hydrogens (tertiary/aromatic N) is 4. The Morgan fingerprint density at radius 1 is 0.871 bits per heavy atom. The lowest BCUT2D eigenvalue weighted by atomic mass is 10.1. The molecule has 0 spiro atoms. The molecule has 3 heterocycles. The molecule has 0 unspecified atom stereocenters. The number of nitrogens with one attached hydrogen (secondary N) is 4. The van der Waals surface area contributed by atoms with Crippen molar-refractivity contribution in [3.05, 3.63) is 67.1 Å². The van der Waals surface area contributed by atoms with Gasteiger partial charge in [0.05, 0.1) is 6.33 Å². The summed E-state index contributed by atoms with van der Waals surface area (Å²) in [6, 6.07) is 17.3. The molecule has 9 heteroatoms. The van der Waals surface area contributed by atoms with Crippen molar-refractivity contribution in [1.29, 1.82) is 0 Å². The highest BCUT2D eigenvalue weighted by Gasteiger charge is 2.12. The van der Waals surface area contributed by atoms with E-state index < -0.39 is 0 Å². The van der Waals surface area contributed by atoms with Gasteiger partial charge in [-0.05, 0) is 35.7 Å². The van der Waals surface area contributed by atoms with Gasteiger partial charge in [-0.2, -0.15) is 9.97 Å². The molecule has 0 bridgehead atoms. The number of hydrogen-bond donors (Lipinski definition) is 4. The number of aromatic amines is 1. The molecule has 0 saturated heterocycles. The van der Waals surface area contributed by atoms with Crippen molar-refractivity contribution in [3.63, 3.8) is 0 Å². The molecule has 0 aliphatic heterocycles. The Bertz CT molecular complexity index is 1390. The first-order valence-electron chi connectivity index (χ1n) is 9.62. The largest absolute Gasteiger partial charge is 0.340 e. The molecule has 0 fully saturated rings. The minimum atomic E-state index is -0.117. The van der Waals surface area contributed by atoms with Crippen molar-refractivity contribution in [2.75, 3.05) is 16.0 Å². The van der Waals surface area contributed by atoms with Gasteiger partial charge in [0.15, 0.2) is 11.5 Å². The van der Waals surface area contributed by atoms with Gasteiger partial charge in [-0.3, -0.25) is 4.79 Å². The van der Waals surface area contributed by atoms with Gasteiger partial charge in [-0.1, -0.05) is 24.3 Å². The van der Waals surface area contributed by atoms with Crippen LogP contribution in [0.25, 0.3) is 21.9 Å². The third-order valence-corrected chi connectivity index (χ3v) is 4.66. The van der Waals surface area contributed by atoms with Crippen LogP contribution in [0.2, 0.25) is 0 Å². The molecule has 31 heavy (non-hydrogen) atoms. The number of fused-ring (bicyclic) bond motifs is 2. The first kappa shape index (κ1) is 18.5. The maximum Gasteiger partial charge on any atom is 0.232 e. The number of pyridine rings is 1. The number of anilines is 5. The van der Waals surface area contributed by atoms with Crippen LogP contribution in [-0.4, -0.2) is 30.8 Å². The average molecular weight is 410 g/mol. The highest BCUT2D eigenvalue weighted by atomic mass is 16.1. The summed E-state index contributed by atoms with van der Waals surface area (Å²) in [7, 11) is 0. The fourth-order valence-corrected chi connectivity index (χ4v) is 3.28. The average Bonchev–Trinajstić information content (AvgIpc) is 3.24. The summed E-state index contributed by atoms with van der Waals surface area (Å²) >= 11 is 0. The summed E-state index contributed by atoms with van der Waals surface area (Å²) in [5, 5.41) is 11.3. The number of aromatic nitrogens is 5. The quantitative estimate of drug-likeness (QED) is 0.340. The lowest BCUT2D eigenvalue weighted by molar-refractivity contribution is -0.114. The first-order valence-corrected chi connectivity index (χ1v) is 9.62. The predicted molar refractivity (Wildman–Crippen MR) is 121 cm³/mol. The van der Waals surface area contributed by atoms with E-state index in [1.54, 1.807) is 12.5 Å². The van der Waals surface area contributed by atoms with Crippen molar-refractivity contribution in [3.8, 4) is 0 Å². The van der Waals surface area contributed by atoms with Crippen LogP contribution in [0.5, 0.6) is 0 Å². The molecule has 9 nitrogen and oxygen atoms in total. The van der Waals surface area contributed by atoms with E-state index in [0.717, 1.165) is 22.1 Å². The minimum Gasteiger partial charge on any atom is -0.340 e. The van der Waals surface area contributed by atoms with Crippen LogP contribution in [0, 0.1) is 0 Å². The zero-order chi connectivity index (χ0) is 21.2. The standard InChI is InChI=1S/C22H18N8O/c1-13(31)26-15-6-8-16(9-7-15)27-21-18-20(25-12-24-18)29-22(30-21)28-19-17-5-3-2-4-14(17)10-11-23-19/h2-12H,1H3,(H,26,31)(H3,23,24,25,27,28,29,30). The Kier molecular flexibility index (Phi) is 4.60. The molecule has 5 rings (SSSR count). The number of benzene rings is 2. The van der Waals surface area contributed by atoms with Gasteiger partial charge in [0.1, 0.15) is 11.3 Å². The molecule has 4 N–H and O–H groups in total. The topological polar surface area (TPSA) is 121 Å². The minimum absolute atomic E-state index is 0.117. The van der Waals surface area contributed by atoms with Gasteiger partial charge in [0.25, 0.3) is 0 Å². The first-order chi connectivity index (χ1) is 15.2. The second kappa shape index (κ2) is 7.71. The lowest BCUT2D eigenvalue weighted by Crippen LogP contribution is -2.06. The van der Waals surface area contributed by atoms with Crippen LogP contribution in [0.1, 0.15) is 6.92 Å². The van der Waals surface area contributed by atoms with Gasteiger partial charge >= 0.3 is 0 Å². The van der Waals surface area contributed by atoms with E-state index in [-0.39, 0.29) is 5.91 Å². The van der Waals surface area contributed by atoms with Gasteiger partial charge in [0.2, 0.25) is 11.9 Å². The second-order valence-electron chi connectivity index (χ2n) is 6.89. The van der Waals surface area contributed by atoms with Crippen molar-refractivity contribution >= 4 is 56.8 Å². The number of carbonyl (C=O) groups is 1. The van der Waals surface area contributed by atoms with Gasteiger partial charge < -0.3 is 20.9 Å². The number of amides is 1. The van der Waals surface area contributed by atoms with E-state index in [2.05, 4.69) is 40.9 Å². The van der Waals surface area contributed by atoms with Crippen molar-refractivity contribution in [2.45, 2.75) is 6.92 Å². The fraction of sp³-hybridized carbons (Fsp3) is 0.0455. The van der Waals surface area contributed by atoms with E-state index >= 15 is 0 Å². The van der Waals surface area contributed by atoms with Crippen LogP contribution in [-0.2, 0) is 4.79 Å². The van der Waals surface area contributed by atoms with Crippen LogP contribution >= 0.6 is 0 Å². The van der Waals surface area contributed by atoms with Gasteiger partial charge in [-0.25, -0.2) is 9.97 Å².